The third-order valence-electron chi connectivity index (χ3n) is 4.58. The molecule has 1 N–H and O–H groups in total. The number of benzene rings is 1. The van der Waals surface area contributed by atoms with Crippen LogP contribution in [0.25, 0.3) is 0 Å². The van der Waals surface area contributed by atoms with Crippen LogP contribution in [-0.4, -0.2) is 28.9 Å². The summed E-state index contributed by atoms with van der Waals surface area (Å²) >= 11 is 1.48. The molecule has 1 atom stereocenters. The predicted octanol–water partition coefficient (Wildman–Crippen LogP) is 3.05. The lowest BCUT2D eigenvalue weighted by Gasteiger charge is -2.28. The van der Waals surface area contributed by atoms with E-state index in [1.165, 1.54) is 11.3 Å². The van der Waals surface area contributed by atoms with Crippen molar-refractivity contribution in [3.63, 3.8) is 0 Å². The van der Waals surface area contributed by atoms with E-state index in [4.69, 9.17) is 0 Å². The van der Waals surface area contributed by atoms with Crippen LogP contribution in [0, 0.1) is 11.3 Å². The van der Waals surface area contributed by atoms with E-state index in [9.17, 15) is 15.2 Å². The van der Waals surface area contributed by atoms with Gasteiger partial charge in [-0.25, -0.2) is 4.99 Å². The number of nitriles is 1. The fourth-order valence-electron chi connectivity index (χ4n) is 3.29. The van der Waals surface area contributed by atoms with Crippen molar-refractivity contribution < 1.29 is 9.90 Å². The topological polar surface area (TPSA) is 76.7 Å². The molecule has 2 aromatic rings. The minimum atomic E-state index is -1.60. The Hall–Kier alpha value is -2.49. The number of thiophene rings is 1. The van der Waals surface area contributed by atoms with Crippen LogP contribution >= 0.6 is 11.3 Å². The molecule has 0 radical (unpaired) electrons. The van der Waals surface area contributed by atoms with Crippen LogP contribution < -0.4 is 4.90 Å². The van der Waals surface area contributed by atoms with E-state index >= 15 is 0 Å². The first-order valence-electron chi connectivity index (χ1n) is 7.84. The van der Waals surface area contributed by atoms with Crippen LogP contribution in [0.4, 0.5) is 10.7 Å². The van der Waals surface area contributed by atoms with Gasteiger partial charge in [-0.1, -0.05) is 19.1 Å². The molecule has 2 aliphatic rings. The number of nitrogens with zero attached hydrogens (tertiary/aromatic N) is 3. The van der Waals surface area contributed by atoms with Crippen LogP contribution in [0.5, 0.6) is 0 Å². The molecular formula is C18H15N3O2S. The third-order valence-corrected chi connectivity index (χ3v) is 5.75. The molecule has 1 aromatic carbocycles. The number of hydrogen-bond acceptors (Lipinski definition) is 6. The van der Waals surface area contributed by atoms with Gasteiger partial charge in [0.1, 0.15) is 11.1 Å². The second kappa shape index (κ2) is 5.26. The number of aryl methyl sites for hydroxylation is 1. The third kappa shape index (κ3) is 1.95. The first kappa shape index (κ1) is 15.1. The lowest BCUT2D eigenvalue weighted by atomic mass is 9.89. The molecule has 0 aliphatic carbocycles. The van der Waals surface area contributed by atoms with Crippen LogP contribution in [0.15, 0.2) is 35.3 Å². The molecule has 4 rings (SSSR count). The first-order valence-corrected chi connectivity index (χ1v) is 8.66. The van der Waals surface area contributed by atoms with Gasteiger partial charge in [0.2, 0.25) is 5.78 Å². The second-order valence-corrected chi connectivity index (χ2v) is 7.06. The molecule has 6 heteroatoms. The van der Waals surface area contributed by atoms with Crippen molar-refractivity contribution in [2.75, 3.05) is 11.4 Å². The summed E-state index contributed by atoms with van der Waals surface area (Å²) in [5.41, 5.74) is 0.0987. The van der Waals surface area contributed by atoms with E-state index in [0.29, 0.717) is 34.2 Å². The fourth-order valence-corrected chi connectivity index (χ4v) is 4.25. The van der Waals surface area contributed by atoms with Crippen LogP contribution in [0.2, 0.25) is 0 Å². The summed E-state index contributed by atoms with van der Waals surface area (Å²) in [5, 5.41) is 21.0. The Morgan fingerprint density at radius 3 is 3.00 bits per heavy atom. The van der Waals surface area contributed by atoms with E-state index < -0.39 is 5.60 Å². The Morgan fingerprint density at radius 1 is 1.46 bits per heavy atom. The summed E-state index contributed by atoms with van der Waals surface area (Å²) in [4.78, 5) is 20.3. The zero-order valence-corrected chi connectivity index (χ0v) is 13.9. The minimum Gasteiger partial charge on any atom is -0.374 e. The highest BCUT2D eigenvalue weighted by atomic mass is 32.1. The Balaban J connectivity index is 1.88. The Labute approximate surface area is 143 Å². The number of Topliss-reactive ketones (excluding diaryl/α,β-unsaturated/α-hetero) is 1. The zero-order valence-electron chi connectivity index (χ0n) is 13.1. The largest absolute Gasteiger partial charge is 0.374 e. The number of rotatable bonds is 2. The van der Waals surface area contributed by atoms with Crippen LogP contribution in [-0.2, 0) is 6.42 Å². The number of aliphatic imine (C=N–C) groups is 1. The predicted molar refractivity (Wildman–Crippen MR) is 93.2 cm³/mol. The lowest BCUT2D eigenvalue weighted by molar-refractivity contribution is 0.0603. The summed E-state index contributed by atoms with van der Waals surface area (Å²) in [6.07, 6.45) is 1.11. The Morgan fingerprint density at radius 2 is 2.25 bits per heavy atom. The molecule has 0 spiro atoms. The molecule has 0 saturated carbocycles. The number of carbonyl (C=O) groups is 1. The average molecular weight is 337 g/mol. The smallest absolute Gasteiger partial charge is 0.205 e. The van der Waals surface area contributed by atoms with E-state index in [0.717, 1.165) is 11.3 Å². The Kier molecular flexibility index (Phi) is 3.30. The second-order valence-electron chi connectivity index (χ2n) is 5.94. The number of amidine groups is 1. The minimum absolute atomic E-state index is 0.279. The number of fused-ring (bicyclic) bond motifs is 2. The highest BCUT2D eigenvalue weighted by Gasteiger charge is 2.53. The molecule has 1 fully saturated rings. The number of para-hydroxylation sites is 1. The van der Waals surface area contributed by atoms with Gasteiger partial charge in [-0.2, -0.15) is 5.26 Å². The van der Waals surface area contributed by atoms with Gasteiger partial charge >= 0.3 is 0 Å². The molecule has 0 unspecified atom stereocenters. The number of aliphatic hydroxyl groups is 1. The number of anilines is 1. The highest BCUT2D eigenvalue weighted by Crippen LogP contribution is 2.43. The molecule has 24 heavy (non-hydrogen) atoms. The molecule has 2 aliphatic heterocycles. The lowest BCUT2D eigenvalue weighted by Crippen LogP contribution is -2.48. The van der Waals surface area contributed by atoms with Crippen molar-refractivity contribution in [3.8, 4) is 6.07 Å². The van der Waals surface area contributed by atoms with Crippen molar-refractivity contribution in [3.05, 3.63) is 46.3 Å². The first-order chi connectivity index (χ1) is 11.6. The standard InChI is InChI=1S/C18H15N3O2S/c1-2-12-9-13-15(22)18(23)7-8-21(17(18)20-16(13)24-12)14-6-4-3-5-11(14)10-19/h3-6,9,23H,2,7-8H2,1H3/t18-/m1/s1. The van der Waals surface area contributed by atoms with E-state index in [1.807, 2.05) is 25.1 Å². The summed E-state index contributed by atoms with van der Waals surface area (Å²) in [7, 11) is 0. The van der Waals surface area contributed by atoms with E-state index in [-0.39, 0.29) is 12.2 Å². The summed E-state index contributed by atoms with van der Waals surface area (Å²) in [6, 6.07) is 11.2. The number of hydrogen-bond donors (Lipinski definition) is 1. The summed E-state index contributed by atoms with van der Waals surface area (Å²) in [5.74, 6) is 0.0580. The maximum atomic E-state index is 12.9. The maximum absolute atomic E-state index is 12.9. The maximum Gasteiger partial charge on any atom is 0.205 e. The molecule has 3 heterocycles. The molecule has 1 saturated heterocycles. The van der Waals surface area contributed by atoms with Gasteiger partial charge in [0.05, 0.1) is 16.8 Å². The zero-order chi connectivity index (χ0) is 16.9. The van der Waals surface area contributed by atoms with Gasteiger partial charge in [-0.3, -0.25) is 4.79 Å². The molecule has 0 amide bonds. The summed E-state index contributed by atoms with van der Waals surface area (Å²) < 4.78 is 0. The molecule has 1 aromatic heterocycles. The summed E-state index contributed by atoms with van der Waals surface area (Å²) in [6.45, 7) is 2.48. The van der Waals surface area contributed by atoms with Gasteiger partial charge in [0, 0.05) is 17.8 Å². The SMILES string of the molecule is CCc1cc2c(s1)N=C1N(c3ccccc3C#N)CC[C@@]1(O)C2=O. The molecular weight excluding hydrogens is 322 g/mol. The number of carbonyl (C=O) groups excluding carboxylic acids is 1. The normalized spacial score (nSPS) is 22.0. The van der Waals surface area contributed by atoms with Crippen molar-refractivity contribution in [2.24, 2.45) is 4.99 Å². The average Bonchev–Trinajstić information content (AvgIpc) is 3.17. The molecule has 5 nitrogen and oxygen atoms in total. The van der Waals surface area contributed by atoms with Gasteiger partial charge < -0.3 is 10.0 Å². The van der Waals surface area contributed by atoms with E-state index in [2.05, 4.69) is 11.1 Å². The van der Waals surface area contributed by atoms with Crippen molar-refractivity contribution in [1.29, 1.82) is 5.26 Å². The van der Waals surface area contributed by atoms with Gasteiger partial charge in [-0.15, -0.1) is 11.3 Å². The van der Waals surface area contributed by atoms with Crippen molar-refractivity contribution >= 4 is 33.6 Å². The van der Waals surface area contributed by atoms with Gasteiger partial charge in [0.25, 0.3) is 0 Å². The van der Waals surface area contributed by atoms with Gasteiger partial charge in [0.15, 0.2) is 11.4 Å². The Bertz CT molecular complexity index is 925. The molecule has 120 valence electrons. The number of ketones is 1. The van der Waals surface area contributed by atoms with Crippen molar-refractivity contribution in [1.82, 2.24) is 0 Å². The quantitative estimate of drug-likeness (QED) is 0.914. The van der Waals surface area contributed by atoms with Gasteiger partial charge in [-0.05, 0) is 24.6 Å². The van der Waals surface area contributed by atoms with Crippen LogP contribution in [0.3, 0.4) is 0 Å². The van der Waals surface area contributed by atoms with Crippen LogP contribution in [0.1, 0.15) is 34.1 Å². The van der Waals surface area contributed by atoms with Crippen molar-refractivity contribution in [2.45, 2.75) is 25.4 Å². The highest BCUT2D eigenvalue weighted by molar-refractivity contribution is 7.16. The van der Waals surface area contributed by atoms with E-state index in [1.54, 1.807) is 17.0 Å². The fraction of sp³-hybridized carbons (Fsp3) is 0.278. The molecule has 0 bridgehead atoms. The monoisotopic (exact) mass is 337 g/mol.